The number of rotatable bonds is 13. The fraction of sp³-hybridized carbons (Fsp3) is 0.452. The Hall–Kier alpha value is -3.70. The minimum Gasteiger partial charge on any atom is -0.377 e. The summed E-state index contributed by atoms with van der Waals surface area (Å²) < 4.78 is 44.1. The lowest BCUT2D eigenvalue weighted by molar-refractivity contribution is 0.134. The average Bonchev–Trinajstić information content (AvgIpc) is 3.42. The highest BCUT2D eigenvalue weighted by atomic mass is 32.2. The maximum Gasteiger partial charge on any atom is 0.346 e. The molecule has 1 aliphatic rings. The molecule has 1 saturated carbocycles. The molecule has 1 N–H and O–H groups in total. The van der Waals surface area contributed by atoms with E-state index in [0.29, 0.717) is 36.6 Å². The van der Waals surface area contributed by atoms with E-state index in [9.17, 15) is 13.2 Å². The smallest absolute Gasteiger partial charge is 0.346 e. The number of sulfonamides is 1. The van der Waals surface area contributed by atoms with Crippen LogP contribution in [0.25, 0.3) is 11.1 Å². The van der Waals surface area contributed by atoms with Crippen LogP contribution >= 0.6 is 0 Å². The van der Waals surface area contributed by atoms with E-state index in [0.717, 1.165) is 61.0 Å². The first-order valence-corrected chi connectivity index (χ1v) is 16.1. The molecule has 2 heterocycles. The third kappa shape index (κ3) is 6.07. The Morgan fingerprint density at radius 1 is 1.10 bits per heavy atom. The zero-order chi connectivity index (χ0) is 29.9. The Morgan fingerprint density at radius 3 is 2.55 bits per heavy atom. The lowest BCUT2D eigenvalue weighted by Crippen LogP contribution is -2.31. The van der Waals surface area contributed by atoms with Crippen molar-refractivity contribution in [2.75, 3.05) is 11.3 Å². The molecule has 0 aliphatic heterocycles. The molecular weight excluding hydrogens is 554 g/mol. The Kier molecular flexibility index (Phi) is 8.98. The van der Waals surface area contributed by atoms with Gasteiger partial charge >= 0.3 is 5.69 Å². The van der Waals surface area contributed by atoms with Gasteiger partial charge in [0.15, 0.2) is 5.82 Å². The van der Waals surface area contributed by atoms with Crippen LogP contribution in [0.15, 0.2) is 56.7 Å². The number of nitrogens with one attached hydrogen (secondary N) is 1. The number of aromatic nitrogens is 4. The largest absolute Gasteiger partial charge is 0.377 e. The molecule has 0 saturated heterocycles. The van der Waals surface area contributed by atoms with E-state index in [1.54, 1.807) is 41.3 Å². The second-order valence-electron chi connectivity index (χ2n) is 10.9. The van der Waals surface area contributed by atoms with Gasteiger partial charge in [0.25, 0.3) is 10.0 Å². The quantitative estimate of drug-likeness (QED) is 0.209. The van der Waals surface area contributed by atoms with Crippen molar-refractivity contribution in [2.45, 2.75) is 90.3 Å². The molecule has 2 aromatic carbocycles. The van der Waals surface area contributed by atoms with Crippen LogP contribution in [0.2, 0.25) is 0 Å². The summed E-state index contributed by atoms with van der Waals surface area (Å²) in [5.74, 6) is 1.52. The molecule has 0 atom stereocenters. The highest BCUT2D eigenvalue weighted by Gasteiger charge is 2.26. The number of ether oxygens (including phenoxy) is 1. The van der Waals surface area contributed by atoms with Crippen molar-refractivity contribution in [2.24, 2.45) is 0 Å². The molecular formula is C31H39N5O5S. The summed E-state index contributed by atoms with van der Waals surface area (Å²) in [5.41, 5.74) is 3.61. The van der Waals surface area contributed by atoms with Crippen LogP contribution in [0.3, 0.4) is 0 Å². The highest BCUT2D eigenvalue weighted by Crippen LogP contribution is 2.33. The van der Waals surface area contributed by atoms with Gasteiger partial charge in [0, 0.05) is 24.2 Å². The monoisotopic (exact) mass is 593 g/mol. The minimum atomic E-state index is -3.99. The van der Waals surface area contributed by atoms with Gasteiger partial charge in [0.1, 0.15) is 11.6 Å². The van der Waals surface area contributed by atoms with Gasteiger partial charge in [-0.3, -0.25) is 9.29 Å². The van der Waals surface area contributed by atoms with Gasteiger partial charge < -0.3 is 9.26 Å². The molecule has 5 rings (SSSR count). The SMILES string of the molecule is CCCCc1nn(C2CCC2)c(=O)n1Cc1ccc(-c2ccccc2S(=O)(=O)Nc2noc(C)c2C)c(COCC)c1. The summed E-state index contributed by atoms with van der Waals surface area (Å²) in [6.45, 7) is 8.72. The van der Waals surface area contributed by atoms with E-state index < -0.39 is 10.0 Å². The maximum atomic E-state index is 13.6. The summed E-state index contributed by atoms with van der Waals surface area (Å²) >= 11 is 0. The molecule has 2 aromatic heterocycles. The van der Waals surface area contributed by atoms with Crippen molar-refractivity contribution in [1.29, 1.82) is 0 Å². The van der Waals surface area contributed by atoms with E-state index in [2.05, 4.69) is 16.8 Å². The molecule has 0 unspecified atom stereocenters. The van der Waals surface area contributed by atoms with Crippen molar-refractivity contribution in [3.63, 3.8) is 0 Å². The first-order chi connectivity index (χ1) is 20.2. The minimum absolute atomic E-state index is 0.0675. The first-order valence-electron chi connectivity index (χ1n) is 14.7. The molecule has 1 fully saturated rings. The van der Waals surface area contributed by atoms with Crippen molar-refractivity contribution < 1.29 is 17.7 Å². The van der Waals surface area contributed by atoms with Crippen molar-refractivity contribution >= 4 is 15.8 Å². The molecule has 224 valence electrons. The fourth-order valence-electron chi connectivity index (χ4n) is 5.14. The second kappa shape index (κ2) is 12.7. The standard InChI is InChI=1S/C31H39N5O5S/c1-5-7-15-29-32-36(25-11-10-12-25)31(37)35(29)19-23-16-17-26(24(18-23)20-40-6-2)27-13-8-9-14-28(27)42(38,39)34-30-21(3)22(4)41-33-30/h8-9,13-14,16-18,25H,5-7,10-12,15,19-20H2,1-4H3,(H,33,34). The molecule has 0 bridgehead atoms. The van der Waals surface area contributed by atoms with Gasteiger partial charge in [-0.2, -0.15) is 5.10 Å². The van der Waals surface area contributed by atoms with E-state index in [-0.39, 0.29) is 22.4 Å². The third-order valence-electron chi connectivity index (χ3n) is 7.96. The van der Waals surface area contributed by atoms with Gasteiger partial charge in [0.05, 0.1) is 24.1 Å². The van der Waals surface area contributed by atoms with Crippen LogP contribution in [0.1, 0.15) is 80.3 Å². The Morgan fingerprint density at radius 2 is 1.88 bits per heavy atom. The van der Waals surface area contributed by atoms with E-state index in [1.165, 1.54) is 0 Å². The number of hydrogen-bond acceptors (Lipinski definition) is 7. The average molecular weight is 594 g/mol. The van der Waals surface area contributed by atoms with Crippen molar-refractivity contribution in [1.82, 2.24) is 19.5 Å². The lowest BCUT2D eigenvalue weighted by Gasteiger charge is -2.24. The number of hydrogen-bond donors (Lipinski definition) is 1. The summed E-state index contributed by atoms with van der Waals surface area (Å²) in [6, 6.07) is 12.9. The summed E-state index contributed by atoms with van der Waals surface area (Å²) in [4.78, 5) is 13.5. The van der Waals surface area contributed by atoms with Crippen LogP contribution in [0.4, 0.5) is 5.82 Å². The molecule has 0 radical (unpaired) electrons. The topological polar surface area (TPSA) is 121 Å². The molecule has 42 heavy (non-hydrogen) atoms. The maximum absolute atomic E-state index is 13.6. The summed E-state index contributed by atoms with van der Waals surface area (Å²) in [6.07, 6.45) is 5.83. The van der Waals surface area contributed by atoms with Crippen molar-refractivity contribution in [3.05, 3.63) is 81.2 Å². The first kappa shape index (κ1) is 29.8. The van der Waals surface area contributed by atoms with Gasteiger partial charge in [0.2, 0.25) is 0 Å². The molecule has 1 aliphatic carbocycles. The van der Waals surface area contributed by atoms with Gasteiger partial charge in [-0.05, 0) is 69.2 Å². The molecule has 10 nitrogen and oxygen atoms in total. The Bertz CT molecular complexity index is 1720. The van der Waals surface area contributed by atoms with Crippen LogP contribution in [0.5, 0.6) is 0 Å². The van der Waals surface area contributed by atoms with Crippen molar-refractivity contribution in [3.8, 4) is 11.1 Å². The van der Waals surface area contributed by atoms with Crippen LogP contribution < -0.4 is 10.4 Å². The lowest BCUT2D eigenvalue weighted by atomic mass is 9.93. The number of benzene rings is 2. The van der Waals surface area contributed by atoms with Crippen LogP contribution in [0, 0.1) is 13.8 Å². The number of nitrogens with zero attached hydrogens (tertiary/aromatic N) is 4. The number of aryl methyl sites for hydroxylation is 2. The van der Waals surface area contributed by atoms with Gasteiger partial charge in [-0.15, -0.1) is 0 Å². The number of anilines is 1. The number of unbranched alkanes of at least 4 members (excludes halogenated alkanes) is 1. The predicted octanol–water partition coefficient (Wildman–Crippen LogP) is 5.77. The predicted molar refractivity (Wildman–Crippen MR) is 161 cm³/mol. The van der Waals surface area contributed by atoms with E-state index in [1.807, 2.05) is 31.2 Å². The molecule has 4 aromatic rings. The third-order valence-corrected chi connectivity index (χ3v) is 9.36. The van der Waals surface area contributed by atoms with Crippen LogP contribution in [-0.4, -0.2) is 34.5 Å². The van der Waals surface area contributed by atoms with Gasteiger partial charge in [-0.1, -0.05) is 54.9 Å². The fourth-order valence-corrected chi connectivity index (χ4v) is 6.42. The van der Waals surface area contributed by atoms with E-state index >= 15 is 0 Å². The highest BCUT2D eigenvalue weighted by molar-refractivity contribution is 7.92. The normalized spacial score (nSPS) is 13.8. The zero-order valence-electron chi connectivity index (χ0n) is 24.7. The van der Waals surface area contributed by atoms with E-state index in [4.69, 9.17) is 14.4 Å². The Labute approximate surface area is 246 Å². The molecule has 0 amide bonds. The summed E-state index contributed by atoms with van der Waals surface area (Å²) in [5, 5.41) is 8.61. The Balaban J connectivity index is 1.52. The summed E-state index contributed by atoms with van der Waals surface area (Å²) in [7, 11) is -3.99. The second-order valence-corrected chi connectivity index (χ2v) is 12.5. The zero-order valence-corrected chi connectivity index (χ0v) is 25.5. The van der Waals surface area contributed by atoms with Crippen LogP contribution in [-0.2, 0) is 34.3 Å². The molecule has 0 spiro atoms. The van der Waals surface area contributed by atoms with Gasteiger partial charge in [-0.25, -0.2) is 17.9 Å². The molecule has 11 heteroatoms.